The van der Waals surface area contributed by atoms with E-state index >= 15 is 0 Å². The van der Waals surface area contributed by atoms with Crippen LogP contribution in [0.15, 0.2) is 72.8 Å². The van der Waals surface area contributed by atoms with Crippen LogP contribution < -0.4 is 19.5 Å². The van der Waals surface area contributed by atoms with E-state index < -0.39 is 0 Å². The van der Waals surface area contributed by atoms with Gasteiger partial charge in [0, 0.05) is 13.1 Å². The first-order valence-corrected chi connectivity index (χ1v) is 10.4. The Morgan fingerprint density at radius 1 is 0.879 bits per heavy atom. The summed E-state index contributed by atoms with van der Waals surface area (Å²) in [6, 6.07) is 23.7. The third-order valence-electron chi connectivity index (χ3n) is 4.77. The van der Waals surface area contributed by atoms with Gasteiger partial charge in [-0.3, -0.25) is 0 Å². The molecule has 8 nitrogen and oxygen atoms in total. The summed E-state index contributed by atoms with van der Waals surface area (Å²) in [7, 11) is 1.67. The summed E-state index contributed by atoms with van der Waals surface area (Å²) in [6.07, 6.45) is 0. The molecule has 0 fully saturated rings. The summed E-state index contributed by atoms with van der Waals surface area (Å²) in [5, 5.41) is 15.2. The van der Waals surface area contributed by atoms with Crippen LogP contribution in [0, 0.1) is 0 Å². The summed E-state index contributed by atoms with van der Waals surface area (Å²) in [5.41, 5.74) is 3.07. The molecule has 4 aromatic rings. The fourth-order valence-corrected chi connectivity index (χ4v) is 3.18. The van der Waals surface area contributed by atoms with Gasteiger partial charge in [-0.15, -0.1) is 12.4 Å². The van der Waals surface area contributed by atoms with Crippen LogP contribution in [0.1, 0.15) is 18.1 Å². The van der Waals surface area contributed by atoms with Crippen molar-refractivity contribution in [1.82, 2.24) is 25.5 Å². The van der Waals surface area contributed by atoms with Crippen LogP contribution >= 0.6 is 12.4 Å². The van der Waals surface area contributed by atoms with Crippen molar-refractivity contribution in [2.75, 3.05) is 13.7 Å². The van der Waals surface area contributed by atoms with E-state index in [1.54, 1.807) is 11.8 Å². The van der Waals surface area contributed by atoms with Crippen LogP contribution in [0.25, 0.3) is 5.69 Å². The lowest BCUT2D eigenvalue weighted by molar-refractivity contribution is 0.315. The molecule has 4 rings (SSSR count). The monoisotopic (exact) mass is 467 g/mol. The summed E-state index contributed by atoms with van der Waals surface area (Å²) < 4.78 is 18.6. The number of aromatic nitrogens is 4. The third kappa shape index (κ3) is 6.21. The number of methoxy groups -OCH3 is 1. The summed E-state index contributed by atoms with van der Waals surface area (Å²) >= 11 is 0. The van der Waals surface area contributed by atoms with E-state index in [4.69, 9.17) is 14.2 Å². The van der Waals surface area contributed by atoms with Gasteiger partial charge in [0.05, 0.1) is 19.4 Å². The number of nitrogens with one attached hydrogen (secondary N) is 1. The molecule has 172 valence electrons. The van der Waals surface area contributed by atoms with E-state index in [0.717, 1.165) is 23.5 Å². The highest BCUT2D eigenvalue weighted by molar-refractivity contribution is 5.85. The van der Waals surface area contributed by atoms with Gasteiger partial charge in [-0.1, -0.05) is 41.5 Å². The Balaban J connectivity index is 0.00000306. The number of ether oxygens (including phenoxy) is 3. The lowest BCUT2D eigenvalue weighted by atomic mass is 10.2. The van der Waals surface area contributed by atoms with E-state index in [9.17, 15) is 0 Å². The van der Waals surface area contributed by atoms with E-state index in [1.807, 2.05) is 79.7 Å². The Hall–Kier alpha value is -3.62. The first-order valence-electron chi connectivity index (χ1n) is 10.4. The first kappa shape index (κ1) is 24.0. The predicted molar refractivity (Wildman–Crippen MR) is 128 cm³/mol. The number of halogens is 1. The fourth-order valence-electron chi connectivity index (χ4n) is 3.18. The van der Waals surface area contributed by atoms with Gasteiger partial charge < -0.3 is 19.5 Å². The summed E-state index contributed by atoms with van der Waals surface area (Å²) in [4.78, 5) is 0. The van der Waals surface area contributed by atoms with Crippen LogP contribution in [0.2, 0.25) is 0 Å². The Bertz CT molecular complexity index is 1140. The first-order chi connectivity index (χ1) is 15.8. The number of hydrogen-bond donors (Lipinski definition) is 1. The van der Waals surface area contributed by atoms with E-state index in [2.05, 4.69) is 20.8 Å². The molecule has 0 saturated heterocycles. The van der Waals surface area contributed by atoms with E-state index in [0.29, 0.717) is 24.7 Å². The molecule has 0 aliphatic heterocycles. The number of nitrogens with zero attached hydrogens (tertiary/aromatic N) is 4. The van der Waals surface area contributed by atoms with Gasteiger partial charge in [-0.05, 0) is 64.9 Å². The largest absolute Gasteiger partial charge is 0.497 e. The molecule has 0 aliphatic carbocycles. The van der Waals surface area contributed by atoms with Crippen molar-refractivity contribution in [3.8, 4) is 28.9 Å². The Labute approximate surface area is 198 Å². The Morgan fingerprint density at radius 3 is 2.33 bits per heavy atom. The zero-order valence-electron chi connectivity index (χ0n) is 18.5. The maximum Gasteiger partial charge on any atom is 0.346 e. The highest BCUT2D eigenvalue weighted by Gasteiger charge is 2.14. The molecule has 33 heavy (non-hydrogen) atoms. The van der Waals surface area contributed by atoms with Crippen LogP contribution in [0.3, 0.4) is 0 Å². The van der Waals surface area contributed by atoms with Crippen molar-refractivity contribution in [2.45, 2.75) is 20.0 Å². The van der Waals surface area contributed by atoms with Crippen molar-refractivity contribution in [3.63, 3.8) is 0 Å². The van der Waals surface area contributed by atoms with Crippen molar-refractivity contribution in [2.24, 2.45) is 0 Å². The molecule has 1 heterocycles. The topological polar surface area (TPSA) is 83.3 Å². The highest BCUT2D eigenvalue weighted by Crippen LogP contribution is 2.32. The lowest BCUT2D eigenvalue weighted by Crippen LogP contribution is -2.12. The normalized spacial score (nSPS) is 10.4. The molecule has 0 amide bonds. The average molecular weight is 468 g/mol. The molecule has 1 N–H and O–H groups in total. The Kier molecular flexibility index (Phi) is 8.63. The maximum absolute atomic E-state index is 6.01. The molecule has 0 spiro atoms. The van der Waals surface area contributed by atoms with Crippen molar-refractivity contribution < 1.29 is 14.2 Å². The van der Waals surface area contributed by atoms with Gasteiger partial charge in [0.1, 0.15) is 5.75 Å². The highest BCUT2D eigenvalue weighted by atomic mass is 35.5. The summed E-state index contributed by atoms with van der Waals surface area (Å²) in [5.74, 6) is 2.04. The second-order valence-electron chi connectivity index (χ2n) is 6.98. The van der Waals surface area contributed by atoms with Crippen LogP contribution in [0.4, 0.5) is 0 Å². The molecule has 0 saturated carbocycles. The zero-order valence-corrected chi connectivity index (χ0v) is 19.3. The van der Waals surface area contributed by atoms with Gasteiger partial charge in [-0.25, -0.2) is 0 Å². The van der Waals surface area contributed by atoms with E-state index in [1.165, 1.54) is 5.56 Å². The summed E-state index contributed by atoms with van der Waals surface area (Å²) in [6.45, 7) is 3.89. The predicted octanol–water partition coefficient (Wildman–Crippen LogP) is 4.57. The van der Waals surface area contributed by atoms with Gasteiger partial charge in [0.25, 0.3) is 0 Å². The van der Waals surface area contributed by atoms with Crippen LogP contribution in [-0.2, 0) is 13.1 Å². The van der Waals surface area contributed by atoms with Crippen molar-refractivity contribution in [1.29, 1.82) is 0 Å². The fraction of sp³-hybridized carbons (Fsp3) is 0.208. The number of hydrogen-bond acceptors (Lipinski definition) is 7. The number of tetrazole rings is 1. The van der Waals surface area contributed by atoms with Gasteiger partial charge in [0.15, 0.2) is 11.5 Å². The quantitative estimate of drug-likeness (QED) is 0.365. The second kappa shape index (κ2) is 11.8. The maximum atomic E-state index is 6.01. The molecule has 0 aliphatic rings. The average Bonchev–Trinajstić information content (AvgIpc) is 3.30. The number of rotatable bonds is 10. The molecular weight excluding hydrogens is 442 g/mol. The molecule has 0 bridgehead atoms. The van der Waals surface area contributed by atoms with Crippen molar-refractivity contribution >= 4 is 12.4 Å². The van der Waals surface area contributed by atoms with Crippen LogP contribution in [-0.4, -0.2) is 33.9 Å². The molecule has 3 aromatic carbocycles. The molecular formula is C24H26ClN5O3. The smallest absolute Gasteiger partial charge is 0.346 e. The molecule has 0 radical (unpaired) electrons. The van der Waals surface area contributed by atoms with Gasteiger partial charge >= 0.3 is 6.01 Å². The molecule has 0 atom stereocenters. The minimum atomic E-state index is 0. The molecule has 1 aromatic heterocycles. The van der Waals surface area contributed by atoms with Gasteiger partial charge in [-0.2, -0.15) is 4.68 Å². The molecule has 9 heteroatoms. The van der Waals surface area contributed by atoms with Gasteiger partial charge in [0.2, 0.25) is 0 Å². The number of benzene rings is 3. The minimum absolute atomic E-state index is 0. The zero-order chi connectivity index (χ0) is 22.2. The van der Waals surface area contributed by atoms with E-state index in [-0.39, 0.29) is 18.4 Å². The second-order valence-corrected chi connectivity index (χ2v) is 6.98. The standard InChI is InChI=1S/C24H25N5O3.ClH/c1-3-31-23-15-19(17-25-16-18-9-12-21(30-2)13-10-18)11-14-22(23)32-24-26-27-28-29(24)20-7-5-4-6-8-20;/h4-15,25H,3,16-17H2,1-2H3;1H. The van der Waals surface area contributed by atoms with Crippen molar-refractivity contribution in [3.05, 3.63) is 83.9 Å². The number of para-hydroxylation sites is 1. The SMILES string of the molecule is CCOc1cc(CNCc2ccc(OC)cc2)ccc1Oc1nnnn1-c1ccccc1.Cl. The van der Waals surface area contributed by atoms with Crippen LogP contribution in [0.5, 0.6) is 23.3 Å². The third-order valence-corrected chi connectivity index (χ3v) is 4.77. The molecule has 0 unspecified atom stereocenters. The Morgan fingerprint density at radius 2 is 1.61 bits per heavy atom. The minimum Gasteiger partial charge on any atom is -0.497 e. The lowest BCUT2D eigenvalue weighted by Gasteiger charge is -2.13.